The summed E-state index contributed by atoms with van der Waals surface area (Å²) in [6, 6.07) is 13.9. The highest BCUT2D eigenvalue weighted by atomic mass is 16.6. The van der Waals surface area contributed by atoms with Crippen molar-refractivity contribution < 1.29 is 19.4 Å². The van der Waals surface area contributed by atoms with Gasteiger partial charge in [0.2, 0.25) is 0 Å². The summed E-state index contributed by atoms with van der Waals surface area (Å²) in [7, 11) is 1.60. The molecular weight excluding hydrogens is 256 g/mol. The van der Waals surface area contributed by atoms with Gasteiger partial charge < -0.3 is 14.6 Å². The first kappa shape index (κ1) is 12.7. The molecular formula is C16H14O4. The number of carbonyl (C=O) groups excluding carboxylic acids is 1. The molecule has 2 atom stereocenters. The predicted molar refractivity (Wildman–Crippen MR) is 73.0 cm³/mol. The topological polar surface area (TPSA) is 59.1 Å². The molecule has 2 unspecified atom stereocenters. The molecule has 1 fully saturated rings. The smallest absolute Gasteiger partial charge is 0.198 e. The van der Waals surface area contributed by atoms with Gasteiger partial charge >= 0.3 is 0 Å². The van der Waals surface area contributed by atoms with Gasteiger partial charge in [0.1, 0.15) is 17.6 Å². The average Bonchev–Trinajstić information content (AvgIpc) is 3.28. The fraction of sp³-hybridized carbons (Fsp3) is 0.188. The highest BCUT2D eigenvalue weighted by molar-refractivity contribution is 6.03. The number of phenols is 1. The Bertz CT molecular complexity index is 633. The number of para-hydroxylation sites is 1. The molecule has 2 aromatic carbocycles. The third-order valence-corrected chi connectivity index (χ3v) is 3.36. The van der Waals surface area contributed by atoms with E-state index in [1.165, 1.54) is 6.07 Å². The molecule has 1 heterocycles. The number of Topliss-reactive ketones (excluding diaryl/α,β-unsaturated/α-hetero) is 1. The summed E-state index contributed by atoms with van der Waals surface area (Å²) in [5.74, 6) is 0.559. The van der Waals surface area contributed by atoms with Crippen molar-refractivity contribution in [1.82, 2.24) is 0 Å². The van der Waals surface area contributed by atoms with Crippen LogP contribution in [0.3, 0.4) is 0 Å². The van der Waals surface area contributed by atoms with Gasteiger partial charge in [-0.25, -0.2) is 0 Å². The van der Waals surface area contributed by atoms with Crippen LogP contribution in [0.1, 0.15) is 22.0 Å². The van der Waals surface area contributed by atoms with Gasteiger partial charge in [0.15, 0.2) is 11.9 Å². The Kier molecular flexibility index (Phi) is 3.16. The lowest BCUT2D eigenvalue weighted by molar-refractivity contribution is 0.0951. The molecule has 1 N–H and O–H groups in total. The molecule has 0 aromatic heterocycles. The van der Waals surface area contributed by atoms with Gasteiger partial charge in [-0.2, -0.15) is 0 Å². The molecule has 2 aromatic rings. The van der Waals surface area contributed by atoms with Gasteiger partial charge in [-0.15, -0.1) is 0 Å². The summed E-state index contributed by atoms with van der Waals surface area (Å²) < 4.78 is 10.5. The number of phenolic OH excluding ortho intramolecular Hbond substituents is 1. The summed E-state index contributed by atoms with van der Waals surface area (Å²) in [5.41, 5.74) is 1.23. The Labute approximate surface area is 116 Å². The Hall–Kier alpha value is -2.33. The van der Waals surface area contributed by atoms with E-state index in [1.807, 2.05) is 24.3 Å². The van der Waals surface area contributed by atoms with E-state index in [0.29, 0.717) is 5.56 Å². The summed E-state index contributed by atoms with van der Waals surface area (Å²) in [6.45, 7) is 0. The molecule has 0 aliphatic carbocycles. The van der Waals surface area contributed by atoms with Crippen LogP contribution in [0, 0.1) is 0 Å². The van der Waals surface area contributed by atoms with Gasteiger partial charge in [0.05, 0.1) is 12.7 Å². The van der Waals surface area contributed by atoms with Crippen LogP contribution >= 0.6 is 0 Å². The van der Waals surface area contributed by atoms with E-state index in [2.05, 4.69) is 0 Å². The lowest BCUT2D eigenvalue weighted by atomic mass is 10.0. The maximum atomic E-state index is 12.2. The molecule has 0 bridgehead atoms. The van der Waals surface area contributed by atoms with Gasteiger partial charge in [0.25, 0.3) is 0 Å². The van der Waals surface area contributed by atoms with Crippen LogP contribution in [0.25, 0.3) is 0 Å². The molecule has 1 aliphatic heterocycles. The molecule has 4 nitrogen and oxygen atoms in total. The fourth-order valence-electron chi connectivity index (χ4n) is 2.19. The molecule has 20 heavy (non-hydrogen) atoms. The number of hydrogen-bond donors (Lipinski definition) is 1. The van der Waals surface area contributed by atoms with Crippen molar-refractivity contribution in [2.24, 2.45) is 0 Å². The lowest BCUT2D eigenvalue weighted by Gasteiger charge is -2.02. The molecule has 3 rings (SSSR count). The lowest BCUT2D eigenvalue weighted by Crippen LogP contribution is -2.08. The van der Waals surface area contributed by atoms with Crippen molar-refractivity contribution in [3.63, 3.8) is 0 Å². The molecule has 4 heteroatoms. The van der Waals surface area contributed by atoms with E-state index in [9.17, 15) is 9.90 Å². The number of ether oxygens (including phenoxy) is 2. The molecule has 0 saturated carbocycles. The summed E-state index contributed by atoms with van der Waals surface area (Å²) in [6.07, 6.45) is -0.760. The third kappa shape index (κ3) is 2.26. The minimum atomic E-state index is -0.517. The van der Waals surface area contributed by atoms with Crippen molar-refractivity contribution in [1.29, 1.82) is 0 Å². The Morgan fingerprint density at radius 2 is 1.85 bits per heavy atom. The number of carbonyl (C=O) groups is 1. The SMILES string of the molecule is COc1ccc(C2OC2C(=O)c2ccccc2O)cc1. The number of epoxide rings is 1. The van der Waals surface area contributed by atoms with E-state index in [4.69, 9.17) is 9.47 Å². The van der Waals surface area contributed by atoms with Crippen molar-refractivity contribution in [2.75, 3.05) is 7.11 Å². The number of hydrogen-bond acceptors (Lipinski definition) is 4. The summed E-state index contributed by atoms with van der Waals surface area (Å²) in [4.78, 5) is 12.2. The first-order valence-corrected chi connectivity index (χ1v) is 6.32. The maximum absolute atomic E-state index is 12.2. The maximum Gasteiger partial charge on any atom is 0.198 e. The van der Waals surface area contributed by atoms with Crippen LogP contribution in [0.4, 0.5) is 0 Å². The minimum Gasteiger partial charge on any atom is -0.507 e. The second-order valence-corrected chi connectivity index (χ2v) is 4.63. The van der Waals surface area contributed by atoms with Crippen LogP contribution in [0.5, 0.6) is 11.5 Å². The van der Waals surface area contributed by atoms with Crippen LogP contribution in [0.15, 0.2) is 48.5 Å². The highest BCUT2D eigenvalue weighted by Crippen LogP contribution is 2.41. The van der Waals surface area contributed by atoms with Crippen LogP contribution < -0.4 is 4.74 Å². The summed E-state index contributed by atoms with van der Waals surface area (Å²) in [5, 5.41) is 9.69. The number of ketones is 1. The van der Waals surface area contributed by atoms with Gasteiger partial charge in [0, 0.05) is 0 Å². The van der Waals surface area contributed by atoms with E-state index >= 15 is 0 Å². The van der Waals surface area contributed by atoms with Crippen molar-refractivity contribution >= 4 is 5.78 Å². The van der Waals surface area contributed by atoms with Crippen molar-refractivity contribution in [3.8, 4) is 11.5 Å². The normalized spacial score (nSPS) is 20.4. The quantitative estimate of drug-likeness (QED) is 0.685. The molecule has 1 aliphatic rings. The first-order valence-electron chi connectivity index (χ1n) is 6.32. The zero-order valence-electron chi connectivity index (χ0n) is 10.9. The molecule has 0 amide bonds. The van der Waals surface area contributed by atoms with Gasteiger partial charge in [-0.3, -0.25) is 4.79 Å². The van der Waals surface area contributed by atoms with Crippen molar-refractivity contribution in [3.05, 3.63) is 59.7 Å². The molecule has 1 saturated heterocycles. The second kappa shape index (κ2) is 4.98. The van der Waals surface area contributed by atoms with E-state index in [-0.39, 0.29) is 17.6 Å². The minimum absolute atomic E-state index is 0.0125. The number of benzene rings is 2. The Morgan fingerprint density at radius 3 is 2.50 bits per heavy atom. The van der Waals surface area contributed by atoms with Crippen LogP contribution in [0.2, 0.25) is 0 Å². The van der Waals surface area contributed by atoms with Crippen molar-refractivity contribution in [2.45, 2.75) is 12.2 Å². The van der Waals surface area contributed by atoms with Crippen LogP contribution in [-0.4, -0.2) is 24.1 Å². The largest absolute Gasteiger partial charge is 0.507 e. The second-order valence-electron chi connectivity index (χ2n) is 4.63. The molecule has 102 valence electrons. The number of methoxy groups -OCH3 is 1. The van der Waals surface area contributed by atoms with E-state index < -0.39 is 6.10 Å². The number of aromatic hydroxyl groups is 1. The van der Waals surface area contributed by atoms with E-state index in [0.717, 1.165) is 11.3 Å². The Morgan fingerprint density at radius 1 is 1.15 bits per heavy atom. The molecule has 0 radical (unpaired) electrons. The highest BCUT2D eigenvalue weighted by Gasteiger charge is 2.46. The van der Waals surface area contributed by atoms with Gasteiger partial charge in [-0.1, -0.05) is 24.3 Å². The Balaban J connectivity index is 1.75. The zero-order valence-corrected chi connectivity index (χ0v) is 10.9. The average molecular weight is 270 g/mol. The third-order valence-electron chi connectivity index (χ3n) is 3.36. The first-order chi connectivity index (χ1) is 9.70. The fourth-order valence-corrected chi connectivity index (χ4v) is 2.19. The monoisotopic (exact) mass is 270 g/mol. The predicted octanol–water partition coefficient (Wildman–Crippen LogP) is 2.72. The van der Waals surface area contributed by atoms with Gasteiger partial charge in [-0.05, 0) is 29.8 Å². The summed E-state index contributed by atoms with van der Waals surface area (Å²) >= 11 is 0. The number of rotatable bonds is 4. The van der Waals surface area contributed by atoms with E-state index in [1.54, 1.807) is 25.3 Å². The standard InChI is InChI=1S/C16H14O4/c1-19-11-8-6-10(7-9-11)15-16(20-15)14(18)12-4-2-3-5-13(12)17/h2-9,15-17H,1H3. The molecule has 0 spiro atoms. The van der Waals surface area contributed by atoms with Crippen LogP contribution in [-0.2, 0) is 4.74 Å². The zero-order chi connectivity index (χ0) is 14.1.